The Morgan fingerprint density at radius 1 is 0.556 bits per heavy atom. The zero-order valence-corrected chi connectivity index (χ0v) is 24.8. The van der Waals surface area contributed by atoms with Gasteiger partial charge in [0, 0.05) is 38.4 Å². The molecule has 1 aliphatic carbocycles. The van der Waals surface area contributed by atoms with Crippen LogP contribution in [0.15, 0.2) is 140 Å². The van der Waals surface area contributed by atoms with Gasteiger partial charge >= 0.3 is 0 Å². The van der Waals surface area contributed by atoms with Crippen molar-refractivity contribution >= 4 is 49.2 Å². The van der Waals surface area contributed by atoms with E-state index in [9.17, 15) is 0 Å². The van der Waals surface area contributed by atoms with Crippen LogP contribution in [0.2, 0.25) is 0 Å². The van der Waals surface area contributed by atoms with Crippen LogP contribution in [0.3, 0.4) is 0 Å². The van der Waals surface area contributed by atoms with E-state index in [1.165, 1.54) is 10.8 Å². The lowest BCUT2D eigenvalue weighted by Crippen LogP contribution is -2.09. The monoisotopic (exact) mass is 579 g/mol. The number of rotatable bonds is 4. The third kappa shape index (κ3) is 4.05. The van der Waals surface area contributed by atoms with Crippen molar-refractivity contribution in [1.29, 1.82) is 0 Å². The molecule has 1 unspecified atom stereocenters. The molecule has 0 saturated heterocycles. The van der Waals surface area contributed by atoms with Crippen molar-refractivity contribution in [2.45, 2.75) is 13.3 Å². The third-order valence-corrected chi connectivity index (χ3v) is 8.87. The number of para-hydroxylation sites is 3. The zero-order chi connectivity index (χ0) is 29.9. The lowest BCUT2D eigenvalue weighted by atomic mass is 9.97. The smallest absolute Gasteiger partial charge is 0.238 e. The van der Waals surface area contributed by atoms with Gasteiger partial charge in [-0.1, -0.05) is 122 Å². The summed E-state index contributed by atoms with van der Waals surface area (Å²) in [7, 11) is 0. The highest BCUT2D eigenvalue weighted by molar-refractivity contribution is 6.23. The number of hydrogen-bond acceptors (Lipinski definition) is 3. The third-order valence-electron chi connectivity index (χ3n) is 8.87. The maximum atomic E-state index is 5.23. The van der Waals surface area contributed by atoms with E-state index < -0.39 is 0 Å². The minimum atomic E-state index is 0.417. The Hall–Kier alpha value is -5.81. The molecular weight excluding hydrogens is 550 g/mol. The molecule has 0 spiro atoms. The van der Waals surface area contributed by atoms with Gasteiger partial charge in [0.05, 0.1) is 22.1 Å². The second kappa shape index (κ2) is 10.1. The molecule has 0 amide bonds. The molecule has 0 radical (unpaired) electrons. The molecule has 5 aromatic carbocycles. The largest absolute Gasteiger partial charge is 0.307 e. The molecule has 3 heterocycles. The SMILES string of the molecule is CC1C=C(c2nc(-c3ccccc3)nc(-n3c4ccccc4c4ccc5c6ccccc6n(-c6ccccc6)c5c43)n2)C=CC1. The highest BCUT2D eigenvalue weighted by Gasteiger charge is 2.23. The van der Waals surface area contributed by atoms with E-state index in [-0.39, 0.29) is 0 Å². The highest BCUT2D eigenvalue weighted by atomic mass is 15.2. The number of hydrogen-bond donors (Lipinski definition) is 0. The van der Waals surface area contributed by atoms with Crippen LogP contribution in [0.5, 0.6) is 0 Å². The summed E-state index contributed by atoms with van der Waals surface area (Å²) in [6, 6.07) is 42.6. The van der Waals surface area contributed by atoms with Crippen LogP contribution in [0.4, 0.5) is 0 Å². The summed E-state index contributed by atoms with van der Waals surface area (Å²) >= 11 is 0. The highest BCUT2D eigenvalue weighted by Crippen LogP contribution is 2.41. The van der Waals surface area contributed by atoms with Crippen LogP contribution < -0.4 is 0 Å². The quantitative estimate of drug-likeness (QED) is 0.209. The minimum Gasteiger partial charge on any atom is -0.307 e. The molecule has 9 rings (SSSR count). The van der Waals surface area contributed by atoms with Gasteiger partial charge in [0.15, 0.2) is 11.6 Å². The molecule has 214 valence electrons. The van der Waals surface area contributed by atoms with Crippen molar-refractivity contribution in [2.24, 2.45) is 5.92 Å². The van der Waals surface area contributed by atoms with Crippen LogP contribution >= 0.6 is 0 Å². The topological polar surface area (TPSA) is 48.5 Å². The number of aromatic nitrogens is 5. The molecular formula is C40H29N5. The van der Waals surface area contributed by atoms with E-state index >= 15 is 0 Å². The first-order chi connectivity index (χ1) is 22.2. The maximum absolute atomic E-state index is 5.23. The summed E-state index contributed by atoms with van der Waals surface area (Å²) in [4.78, 5) is 15.5. The lowest BCUT2D eigenvalue weighted by molar-refractivity contribution is 0.738. The average Bonchev–Trinajstić information content (AvgIpc) is 3.62. The summed E-state index contributed by atoms with van der Waals surface area (Å²) in [6.07, 6.45) is 7.65. The minimum absolute atomic E-state index is 0.417. The summed E-state index contributed by atoms with van der Waals surface area (Å²) in [5.74, 6) is 2.36. The van der Waals surface area contributed by atoms with Crippen molar-refractivity contribution in [2.75, 3.05) is 0 Å². The van der Waals surface area contributed by atoms with Crippen LogP contribution in [0, 0.1) is 5.92 Å². The van der Waals surface area contributed by atoms with Gasteiger partial charge in [-0.15, -0.1) is 0 Å². The summed E-state index contributed by atoms with van der Waals surface area (Å²) in [6.45, 7) is 2.23. The number of fused-ring (bicyclic) bond motifs is 7. The second-order valence-electron chi connectivity index (χ2n) is 11.8. The first kappa shape index (κ1) is 25.7. The molecule has 0 bridgehead atoms. The lowest BCUT2D eigenvalue weighted by Gasteiger charge is -2.15. The van der Waals surface area contributed by atoms with E-state index in [2.05, 4.69) is 137 Å². The molecule has 0 aliphatic heterocycles. The van der Waals surface area contributed by atoms with Crippen molar-refractivity contribution in [1.82, 2.24) is 24.1 Å². The zero-order valence-electron chi connectivity index (χ0n) is 24.8. The Bertz CT molecular complexity index is 2460. The molecule has 5 nitrogen and oxygen atoms in total. The Morgan fingerprint density at radius 2 is 1.13 bits per heavy atom. The van der Waals surface area contributed by atoms with Gasteiger partial charge in [-0.05, 0) is 36.6 Å². The second-order valence-corrected chi connectivity index (χ2v) is 11.8. The van der Waals surface area contributed by atoms with Gasteiger partial charge < -0.3 is 4.57 Å². The van der Waals surface area contributed by atoms with E-state index in [1.54, 1.807) is 0 Å². The van der Waals surface area contributed by atoms with Gasteiger partial charge in [0.1, 0.15) is 0 Å². The van der Waals surface area contributed by atoms with Crippen LogP contribution in [-0.4, -0.2) is 24.1 Å². The maximum Gasteiger partial charge on any atom is 0.238 e. The summed E-state index contributed by atoms with van der Waals surface area (Å²) in [5.41, 5.74) is 7.52. The fraction of sp³-hybridized carbons (Fsp3) is 0.0750. The van der Waals surface area contributed by atoms with Crippen LogP contribution in [-0.2, 0) is 0 Å². The summed E-state index contributed by atoms with van der Waals surface area (Å²) in [5, 5.41) is 4.72. The predicted octanol–water partition coefficient (Wildman–Crippen LogP) is 9.71. The number of benzene rings is 5. The van der Waals surface area contributed by atoms with Crippen LogP contribution in [0.25, 0.3) is 72.2 Å². The normalized spacial score (nSPS) is 15.0. The van der Waals surface area contributed by atoms with Gasteiger partial charge in [0.25, 0.3) is 0 Å². The first-order valence-electron chi connectivity index (χ1n) is 15.5. The average molecular weight is 580 g/mol. The molecule has 5 heteroatoms. The molecule has 3 aromatic heterocycles. The fourth-order valence-electron chi connectivity index (χ4n) is 6.85. The van der Waals surface area contributed by atoms with Crippen molar-refractivity contribution in [3.63, 3.8) is 0 Å². The van der Waals surface area contributed by atoms with Gasteiger partial charge in [-0.2, -0.15) is 9.97 Å². The van der Waals surface area contributed by atoms with Gasteiger partial charge in [0.2, 0.25) is 5.95 Å². The molecule has 8 aromatic rings. The predicted molar refractivity (Wildman–Crippen MR) is 185 cm³/mol. The van der Waals surface area contributed by atoms with Crippen LogP contribution in [0.1, 0.15) is 19.2 Å². The number of allylic oxidation sites excluding steroid dienone is 4. The molecule has 45 heavy (non-hydrogen) atoms. The van der Waals surface area contributed by atoms with Gasteiger partial charge in [-0.3, -0.25) is 4.57 Å². The Morgan fingerprint density at radius 3 is 1.82 bits per heavy atom. The first-order valence-corrected chi connectivity index (χ1v) is 15.5. The Balaban J connectivity index is 1.46. The molecule has 0 fully saturated rings. The van der Waals surface area contributed by atoms with Crippen molar-refractivity contribution in [3.05, 3.63) is 145 Å². The Kier molecular flexibility index (Phi) is 5.78. The Labute approximate surface area is 260 Å². The van der Waals surface area contributed by atoms with E-state index in [0.29, 0.717) is 23.5 Å². The van der Waals surface area contributed by atoms with E-state index in [4.69, 9.17) is 15.0 Å². The summed E-state index contributed by atoms with van der Waals surface area (Å²) < 4.78 is 4.64. The van der Waals surface area contributed by atoms with Crippen molar-refractivity contribution < 1.29 is 0 Å². The molecule has 1 aliphatic rings. The molecule has 0 saturated carbocycles. The fourth-order valence-corrected chi connectivity index (χ4v) is 6.85. The van der Waals surface area contributed by atoms with Crippen molar-refractivity contribution in [3.8, 4) is 23.0 Å². The number of nitrogens with zero attached hydrogens (tertiary/aromatic N) is 5. The van der Waals surface area contributed by atoms with E-state index in [1.807, 2.05) is 18.2 Å². The molecule has 0 N–H and O–H groups in total. The van der Waals surface area contributed by atoms with E-state index in [0.717, 1.165) is 56.1 Å². The molecule has 1 atom stereocenters. The van der Waals surface area contributed by atoms with Gasteiger partial charge in [-0.25, -0.2) is 4.98 Å². The standard InChI is InChI=1S/C40H29N5/c1-26-13-12-16-28(25-26)39-41-38(27-14-4-2-5-15-27)42-40(43-39)45-35-22-11-9-20-31(35)33-24-23-32-30-19-8-10-21-34(30)44(36(32)37(33)45)29-17-6-3-7-18-29/h2-12,14-26H,13H2,1H3.